The molecule has 0 spiro atoms. The third-order valence-corrected chi connectivity index (χ3v) is 4.89. The molecule has 1 aromatic heterocycles. The Morgan fingerprint density at radius 3 is 2.62 bits per heavy atom. The van der Waals surface area contributed by atoms with E-state index in [1.54, 1.807) is 31.3 Å². The Morgan fingerprint density at radius 2 is 2.00 bits per heavy atom. The van der Waals surface area contributed by atoms with Gasteiger partial charge >= 0.3 is 0 Å². The summed E-state index contributed by atoms with van der Waals surface area (Å²) in [6.07, 6.45) is 5.50. The lowest BCUT2D eigenvalue weighted by molar-refractivity contribution is 0.0949. The van der Waals surface area contributed by atoms with Gasteiger partial charge < -0.3 is 20.4 Å². The van der Waals surface area contributed by atoms with Crippen LogP contribution >= 0.6 is 0 Å². The number of ketones is 1. The second-order valence-electron chi connectivity index (χ2n) is 6.89. The highest BCUT2D eigenvalue weighted by molar-refractivity contribution is 6.19. The molecule has 0 aliphatic heterocycles. The normalized spacial score (nSPS) is 11.9. The van der Waals surface area contributed by atoms with Gasteiger partial charge in [0.25, 0.3) is 5.91 Å². The zero-order valence-corrected chi connectivity index (χ0v) is 18.5. The molecule has 0 aliphatic carbocycles. The zero-order valence-electron chi connectivity index (χ0n) is 18.5. The van der Waals surface area contributed by atoms with Crippen molar-refractivity contribution in [1.82, 2.24) is 15.6 Å². The van der Waals surface area contributed by atoms with Crippen LogP contribution in [0.2, 0.25) is 0 Å². The fraction of sp³-hybridized carbons (Fsp3) is 0.200. The Hall–Kier alpha value is -3.87. The molecule has 0 fully saturated rings. The maximum atomic E-state index is 14.3. The van der Waals surface area contributed by atoms with Gasteiger partial charge in [-0.15, -0.1) is 0 Å². The molecule has 0 bridgehead atoms. The molecule has 1 amide bonds. The average molecular weight is 438 g/mol. The summed E-state index contributed by atoms with van der Waals surface area (Å²) in [5.41, 5.74) is 1.94. The number of hydrogen-bond acceptors (Lipinski definition) is 4. The van der Waals surface area contributed by atoms with Crippen molar-refractivity contribution in [3.8, 4) is 0 Å². The third-order valence-electron chi connectivity index (χ3n) is 4.89. The standard InChI is InChI=1S/C25H28FN3O3/c1-6-19(27-7-2)12-13-28-25(31)22-14-18(15-29-22)24(30)23(17(4)32-5)16(3)20-10-8-9-11-21(20)26/h6-11,14-15,27,29H,2-3,12-13H2,1,4-5H3,(H,28,31)/b19-6-,23-17+. The van der Waals surface area contributed by atoms with E-state index in [9.17, 15) is 14.0 Å². The van der Waals surface area contributed by atoms with Crippen LogP contribution in [0.5, 0.6) is 0 Å². The predicted octanol–water partition coefficient (Wildman–Crippen LogP) is 4.73. The molecule has 1 heterocycles. The van der Waals surface area contributed by atoms with E-state index in [-0.39, 0.29) is 33.9 Å². The number of H-pyrrole nitrogens is 1. The number of allylic oxidation sites excluding steroid dienone is 4. The van der Waals surface area contributed by atoms with Crippen molar-refractivity contribution in [3.05, 3.63) is 102 Å². The van der Waals surface area contributed by atoms with E-state index in [2.05, 4.69) is 28.8 Å². The predicted molar refractivity (Wildman–Crippen MR) is 124 cm³/mol. The van der Waals surface area contributed by atoms with Crippen molar-refractivity contribution >= 4 is 17.3 Å². The summed E-state index contributed by atoms with van der Waals surface area (Å²) < 4.78 is 19.5. The Labute approximate surface area is 187 Å². The minimum atomic E-state index is -0.493. The van der Waals surface area contributed by atoms with Crippen LogP contribution in [-0.4, -0.2) is 30.3 Å². The molecule has 2 aromatic rings. The van der Waals surface area contributed by atoms with Crippen molar-refractivity contribution in [2.45, 2.75) is 20.3 Å². The van der Waals surface area contributed by atoms with Crippen LogP contribution in [0.3, 0.4) is 0 Å². The number of nitrogens with one attached hydrogen (secondary N) is 3. The highest BCUT2D eigenvalue weighted by Crippen LogP contribution is 2.29. The van der Waals surface area contributed by atoms with Gasteiger partial charge in [0.05, 0.1) is 12.7 Å². The summed E-state index contributed by atoms with van der Waals surface area (Å²) in [6, 6.07) is 7.52. The fourth-order valence-corrected chi connectivity index (χ4v) is 3.09. The van der Waals surface area contributed by atoms with Gasteiger partial charge in [0.15, 0.2) is 5.78 Å². The van der Waals surface area contributed by atoms with Gasteiger partial charge in [-0.1, -0.05) is 37.4 Å². The summed E-state index contributed by atoms with van der Waals surface area (Å²) in [7, 11) is 1.42. The summed E-state index contributed by atoms with van der Waals surface area (Å²) in [5.74, 6) is -0.976. The largest absolute Gasteiger partial charge is 0.501 e. The molecule has 3 N–H and O–H groups in total. The molecule has 0 saturated heterocycles. The lowest BCUT2D eigenvalue weighted by Crippen LogP contribution is -2.26. The van der Waals surface area contributed by atoms with Gasteiger partial charge in [0, 0.05) is 36.0 Å². The molecule has 6 nitrogen and oxygen atoms in total. The summed E-state index contributed by atoms with van der Waals surface area (Å²) in [4.78, 5) is 28.5. The number of aromatic amines is 1. The molecule has 0 atom stereocenters. The highest BCUT2D eigenvalue weighted by atomic mass is 19.1. The SMILES string of the molecule is C=CN/C(=C\C)CCNC(=O)c1cc(C(=O)/C(C(=C)c2ccccc2F)=C(\C)OC)c[nH]1. The van der Waals surface area contributed by atoms with Gasteiger partial charge in [-0.3, -0.25) is 9.59 Å². The molecular weight excluding hydrogens is 409 g/mol. The molecule has 1 aromatic carbocycles. The second kappa shape index (κ2) is 11.5. The van der Waals surface area contributed by atoms with Crippen LogP contribution < -0.4 is 10.6 Å². The van der Waals surface area contributed by atoms with Crippen LogP contribution in [0, 0.1) is 5.82 Å². The average Bonchev–Trinajstić information content (AvgIpc) is 3.29. The van der Waals surface area contributed by atoms with Gasteiger partial charge in [-0.05, 0) is 37.8 Å². The van der Waals surface area contributed by atoms with E-state index in [0.29, 0.717) is 18.7 Å². The summed E-state index contributed by atoms with van der Waals surface area (Å²) in [5, 5.41) is 5.78. The van der Waals surface area contributed by atoms with Crippen LogP contribution in [0.1, 0.15) is 46.7 Å². The first-order valence-electron chi connectivity index (χ1n) is 10.1. The topological polar surface area (TPSA) is 83.2 Å². The van der Waals surface area contributed by atoms with Crippen molar-refractivity contribution in [3.63, 3.8) is 0 Å². The minimum Gasteiger partial charge on any atom is -0.501 e. The third kappa shape index (κ3) is 5.85. The Morgan fingerprint density at radius 1 is 1.28 bits per heavy atom. The first-order valence-corrected chi connectivity index (χ1v) is 10.1. The van der Waals surface area contributed by atoms with E-state index in [1.807, 2.05) is 13.0 Å². The smallest absolute Gasteiger partial charge is 0.267 e. The number of Topliss-reactive ketones (excluding diaryl/α,β-unsaturated/α-hetero) is 1. The quantitative estimate of drug-likeness (QED) is 0.205. The summed E-state index contributed by atoms with van der Waals surface area (Å²) in [6.45, 7) is 11.4. The van der Waals surface area contributed by atoms with E-state index in [1.165, 1.54) is 25.4 Å². The lowest BCUT2D eigenvalue weighted by atomic mass is 9.92. The fourth-order valence-electron chi connectivity index (χ4n) is 3.09. The van der Waals surface area contributed by atoms with E-state index >= 15 is 0 Å². The molecule has 32 heavy (non-hydrogen) atoms. The van der Waals surface area contributed by atoms with E-state index in [0.717, 1.165) is 5.70 Å². The lowest BCUT2D eigenvalue weighted by Gasteiger charge is -2.13. The van der Waals surface area contributed by atoms with E-state index in [4.69, 9.17) is 4.74 Å². The van der Waals surface area contributed by atoms with Crippen LogP contribution in [-0.2, 0) is 4.74 Å². The molecule has 0 saturated carbocycles. The minimum absolute atomic E-state index is 0.136. The van der Waals surface area contributed by atoms with E-state index < -0.39 is 11.6 Å². The number of carbonyl (C=O) groups is 2. The van der Waals surface area contributed by atoms with Crippen molar-refractivity contribution in [2.24, 2.45) is 0 Å². The van der Waals surface area contributed by atoms with Crippen molar-refractivity contribution in [1.29, 1.82) is 0 Å². The maximum absolute atomic E-state index is 14.3. The molecule has 0 radical (unpaired) electrons. The number of benzene rings is 1. The number of halogens is 1. The Bertz CT molecular complexity index is 1080. The number of amides is 1. The molecule has 0 aliphatic rings. The zero-order chi connectivity index (χ0) is 23.7. The van der Waals surface area contributed by atoms with Crippen molar-refractivity contribution < 1.29 is 18.7 Å². The summed E-state index contributed by atoms with van der Waals surface area (Å²) >= 11 is 0. The first-order chi connectivity index (χ1) is 15.3. The molecule has 2 rings (SSSR count). The molecule has 0 unspecified atom stereocenters. The molecule has 7 heteroatoms. The van der Waals surface area contributed by atoms with Gasteiger partial charge in [-0.2, -0.15) is 0 Å². The van der Waals surface area contributed by atoms with Crippen LogP contribution in [0.25, 0.3) is 5.57 Å². The maximum Gasteiger partial charge on any atom is 0.267 e. The van der Waals surface area contributed by atoms with Gasteiger partial charge in [0.1, 0.15) is 17.3 Å². The number of rotatable bonds is 11. The molecular formula is C25H28FN3O3. The Balaban J connectivity index is 2.20. The Kier molecular flexibility index (Phi) is 8.77. The number of hydrogen-bond donors (Lipinski definition) is 3. The molecule has 168 valence electrons. The highest BCUT2D eigenvalue weighted by Gasteiger charge is 2.23. The first kappa shape index (κ1) is 24.4. The monoisotopic (exact) mass is 437 g/mol. The second-order valence-corrected chi connectivity index (χ2v) is 6.89. The van der Waals surface area contributed by atoms with Gasteiger partial charge in [0.2, 0.25) is 0 Å². The number of ether oxygens (including phenoxy) is 1. The number of carbonyl (C=O) groups excluding carboxylic acids is 2. The number of aromatic nitrogens is 1. The van der Waals surface area contributed by atoms with Crippen LogP contribution in [0.15, 0.2) is 79.0 Å². The number of methoxy groups -OCH3 is 1. The van der Waals surface area contributed by atoms with Crippen LogP contribution in [0.4, 0.5) is 4.39 Å². The van der Waals surface area contributed by atoms with Gasteiger partial charge in [-0.25, -0.2) is 4.39 Å². The van der Waals surface area contributed by atoms with Crippen molar-refractivity contribution in [2.75, 3.05) is 13.7 Å².